The Morgan fingerprint density at radius 1 is 0.886 bits per heavy atom. The largest absolute Gasteiger partial charge is 0.378 e. The molecule has 1 atom stereocenters. The van der Waals surface area contributed by atoms with Crippen molar-refractivity contribution in [3.63, 3.8) is 0 Å². The van der Waals surface area contributed by atoms with E-state index >= 15 is 0 Å². The van der Waals surface area contributed by atoms with Gasteiger partial charge in [0.15, 0.2) is 5.16 Å². The van der Waals surface area contributed by atoms with Gasteiger partial charge in [0.1, 0.15) is 0 Å². The summed E-state index contributed by atoms with van der Waals surface area (Å²) in [6.45, 7) is 8.75. The van der Waals surface area contributed by atoms with Crippen molar-refractivity contribution in [2.24, 2.45) is 0 Å². The van der Waals surface area contributed by atoms with Crippen molar-refractivity contribution in [1.82, 2.24) is 19.7 Å². The second-order valence-corrected chi connectivity index (χ2v) is 10.2. The second kappa shape index (κ2) is 11.1. The highest BCUT2D eigenvalue weighted by Gasteiger charge is 2.28. The van der Waals surface area contributed by atoms with Gasteiger partial charge in [0, 0.05) is 45.0 Å². The molecule has 3 aromatic rings. The molecule has 0 unspecified atom stereocenters. The van der Waals surface area contributed by atoms with E-state index in [4.69, 9.17) is 4.74 Å². The van der Waals surface area contributed by atoms with Crippen LogP contribution in [0.4, 0.5) is 11.6 Å². The number of benzene rings is 2. The third kappa shape index (κ3) is 5.62. The van der Waals surface area contributed by atoms with Crippen molar-refractivity contribution in [2.45, 2.75) is 23.9 Å². The van der Waals surface area contributed by atoms with E-state index in [1.165, 1.54) is 23.0 Å². The highest BCUT2D eigenvalue weighted by molar-refractivity contribution is 8.00. The number of hydrogen-bond donors (Lipinski definition) is 0. The van der Waals surface area contributed by atoms with Crippen LogP contribution in [0.5, 0.6) is 0 Å². The van der Waals surface area contributed by atoms with Gasteiger partial charge in [-0.15, -0.1) is 10.2 Å². The van der Waals surface area contributed by atoms with Crippen molar-refractivity contribution >= 4 is 29.3 Å². The second-order valence-electron chi connectivity index (χ2n) is 8.86. The fourth-order valence-electron chi connectivity index (χ4n) is 4.56. The van der Waals surface area contributed by atoms with E-state index in [2.05, 4.69) is 61.0 Å². The molecule has 2 saturated heterocycles. The first-order valence-corrected chi connectivity index (χ1v) is 13.1. The fraction of sp³-hybridized carbons (Fsp3) is 0.423. The van der Waals surface area contributed by atoms with E-state index in [9.17, 15) is 4.79 Å². The molecule has 184 valence electrons. The smallest absolute Gasteiger partial charge is 0.236 e. The maximum atomic E-state index is 13.3. The van der Waals surface area contributed by atoms with Crippen molar-refractivity contribution < 1.29 is 9.53 Å². The first kappa shape index (κ1) is 23.7. The lowest BCUT2D eigenvalue weighted by atomic mass is 10.2. The van der Waals surface area contributed by atoms with E-state index < -0.39 is 0 Å². The molecule has 0 radical (unpaired) electrons. The lowest BCUT2D eigenvalue weighted by molar-refractivity contribution is -0.130. The number of rotatable bonds is 7. The molecule has 1 amide bonds. The molecule has 2 aromatic carbocycles. The van der Waals surface area contributed by atoms with Crippen LogP contribution in [0.1, 0.15) is 12.5 Å². The Bertz CT molecular complexity index is 1100. The molecule has 9 heteroatoms. The third-order valence-electron chi connectivity index (χ3n) is 6.52. The monoisotopic (exact) mass is 492 g/mol. The van der Waals surface area contributed by atoms with Gasteiger partial charge in [-0.25, -0.2) is 0 Å². The first-order chi connectivity index (χ1) is 17.2. The zero-order valence-corrected chi connectivity index (χ0v) is 20.9. The minimum atomic E-state index is -0.241. The van der Waals surface area contributed by atoms with Crippen LogP contribution in [-0.4, -0.2) is 83.3 Å². The summed E-state index contributed by atoms with van der Waals surface area (Å²) in [6, 6.07) is 20.7. The summed E-state index contributed by atoms with van der Waals surface area (Å²) in [5, 5.41) is 9.59. The number of nitrogens with zero attached hydrogens (tertiary/aromatic N) is 6. The Kier molecular flexibility index (Phi) is 7.54. The summed E-state index contributed by atoms with van der Waals surface area (Å²) in [6.07, 6.45) is 0. The number of para-hydroxylation sites is 1. The van der Waals surface area contributed by atoms with Gasteiger partial charge in [0.2, 0.25) is 11.9 Å². The molecule has 0 saturated carbocycles. The molecule has 8 nitrogen and oxygen atoms in total. The molecule has 1 aromatic heterocycles. The van der Waals surface area contributed by atoms with Gasteiger partial charge >= 0.3 is 0 Å². The van der Waals surface area contributed by atoms with Crippen LogP contribution in [0.2, 0.25) is 0 Å². The normalized spacial score (nSPS) is 17.5. The number of ether oxygens (including phenoxy) is 1. The van der Waals surface area contributed by atoms with Crippen molar-refractivity contribution in [2.75, 3.05) is 62.3 Å². The SMILES string of the molecule is C[C@@H](Sc1nnc(N2CCOCC2)n1Cc1ccccc1)C(=O)N1CCN(c2ccccc2)CC1. The van der Waals surface area contributed by atoms with Crippen LogP contribution in [-0.2, 0) is 16.1 Å². The Morgan fingerprint density at radius 3 is 2.23 bits per heavy atom. The van der Waals surface area contributed by atoms with Gasteiger partial charge < -0.3 is 19.4 Å². The topological polar surface area (TPSA) is 66.7 Å². The number of morpholine rings is 1. The number of hydrogen-bond acceptors (Lipinski definition) is 7. The molecule has 35 heavy (non-hydrogen) atoms. The number of amides is 1. The van der Waals surface area contributed by atoms with Crippen LogP contribution < -0.4 is 9.80 Å². The summed E-state index contributed by atoms with van der Waals surface area (Å²) < 4.78 is 7.67. The number of aromatic nitrogens is 3. The highest BCUT2D eigenvalue weighted by atomic mass is 32.2. The number of piperazine rings is 1. The molecular weight excluding hydrogens is 460 g/mol. The van der Waals surface area contributed by atoms with Crippen LogP contribution in [0.3, 0.4) is 0 Å². The average molecular weight is 493 g/mol. The molecule has 0 bridgehead atoms. The van der Waals surface area contributed by atoms with Crippen molar-refractivity contribution in [3.05, 3.63) is 66.2 Å². The minimum absolute atomic E-state index is 0.157. The molecule has 3 heterocycles. The van der Waals surface area contributed by atoms with Crippen LogP contribution in [0.25, 0.3) is 0 Å². The molecule has 0 N–H and O–H groups in total. The van der Waals surface area contributed by atoms with E-state index in [0.29, 0.717) is 19.8 Å². The van der Waals surface area contributed by atoms with Crippen LogP contribution >= 0.6 is 11.8 Å². The summed E-state index contributed by atoms with van der Waals surface area (Å²) in [5.74, 6) is 1.00. The Morgan fingerprint density at radius 2 is 1.54 bits per heavy atom. The number of thioether (sulfide) groups is 1. The van der Waals surface area contributed by atoms with Crippen LogP contribution in [0.15, 0.2) is 65.8 Å². The van der Waals surface area contributed by atoms with Gasteiger partial charge in [-0.1, -0.05) is 60.3 Å². The molecule has 0 spiro atoms. The van der Waals surface area contributed by atoms with Gasteiger partial charge in [-0.2, -0.15) is 0 Å². The van der Waals surface area contributed by atoms with Crippen LogP contribution in [0, 0.1) is 0 Å². The Hall–Kier alpha value is -3.04. The molecule has 5 rings (SSSR count). The lowest BCUT2D eigenvalue weighted by Crippen LogP contribution is -2.50. The number of anilines is 2. The molecule has 2 fully saturated rings. The van der Waals surface area contributed by atoms with E-state index in [1.54, 1.807) is 0 Å². The van der Waals surface area contributed by atoms with Gasteiger partial charge in [-0.3, -0.25) is 9.36 Å². The predicted octanol–water partition coefficient (Wildman–Crippen LogP) is 2.99. The maximum Gasteiger partial charge on any atom is 0.236 e. The molecule has 0 aliphatic carbocycles. The minimum Gasteiger partial charge on any atom is -0.378 e. The van der Waals surface area contributed by atoms with E-state index in [-0.39, 0.29) is 11.2 Å². The standard InChI is InChI=1S/C26H32N6O2S/c1-21(24(33)30-14-12-29(13-15-30)23-10-6-3-7-11-23)35-26-28-27-25(31-16-18-34-19-17-31)32(26)20-22-8-4-2-5-9-22/h2-11,21H,12-20H2,1H3/t21-/m1/s1. The van der Waals surface area contributed by atoms with Crippen molar-refractivity contribution in [1.29, 1.82) is 0 Å². The maximum absolute atomic E-state index is 13.3. The predicted molar refractivity (Wildman–Crippen MR) is 139 cm³/mol. The average Bonchev–Trinajstić information content (AvgIpc) is 3.31. The molecule has 2 aliphatic rings. The summed E-state index contributed by atoms with van der Waals surface area (Å²) in [5.41, 5.74) is 2.39. The Balaban J connectivity index is 1.27. The fourth-order valence-corrected chi connectivity index (χ4v) is 5.49. The quantitative estimate of drug-likeness (QED) is 0.470. The zero-order chi connectivity index (χ0) is 24.0. The third-order valence-corrected chi connectivity index (χ3v) is 7.59. The molecule has 2 aliphatic heterocycles. The van der Waals surface area contributed by atoms with E-state index in [1.807, 2.05) is 36.1 Å². The summed E-state index contributed by atoms with van der Waals surface area (Å²) in [7, 11) is 0. The van der Waals surface area contributed by atoms with Crippen molar-refractivity contribution in [3.8, 4) is 0 Å². The van der Waals surface area contributed by atoms with Gasteiger partial charge in [0.25, 0.3) is 0 Å². The summed E-state index contributed by atoms with van der Waals surface area (Å²) in [4.78, 5) is 19.9. The zero-order valence-electron chi connectivity index (χ0n) is 20.1. The first-order valence-electron chi connectivity index (χ1n) is 12.2. The highest BCUT2D eigenvalue weighted by Crippen LogP contribution is 2.28. The molecular formula is C26H32N6O2S. The van der Waals surface area contributed by atoms with E-state index in [0.717, 1.165) is 50.4 Å². The number of carbonyl (C=O) groups is 1. The van der Waals surface area contributed by atoms with Gasteiger partial charge in [-0.05, 0) is 24.6 Å². The summed E-state index contributed by atoms with van der Waals surface area (Å²) >= 11 is 1.50. The lowest BCUT2D eigenvalue weighted by Gasteiger charge is -2.37. The number of carbonyl (C=O) groups excluding carboxylic acids is 1. The Labute approximate surface area is 210 Å². The van der Waals surface area contributed by atoms with Gasteiger partial charge in [0.05, 0.1) is 25.0 Å².